The minimum atomic E-state index is -0.337. The fraction of sp³-hybridized carbons (Fsp3) is 0.474. The van der Waals surface area contributed by atoms with E-state index in [1.54, 1.807) is 12.1 Å². The van der Waals surface area contributed by atoms with Crippen molar-refractivity contribution in [1.82, 2.24) is 20.4 Å². The predicted molar refractivity (Wildman–Crippen MR) is 102 cm³/mol. The molecule has 2 aromatic rings. The standard InChI is InChI=1S/C19H23FN4O2.ClH/c20-13-5-6-15-16(4-2-10-26-18(15)11-13)22-19(25)17-7-9-24(23-17)14-3-1-8-21-12-14;/h5-7,9,11,14,16,21H,1-4,8,10,12H2,(H,22,25);1H. The van der Waals surface area contributed by atoms with Crippen LogP contribution in [0.25, 0.3) is 0 Å². The van der Waals surface area contributed by atoms with E-state index in [0.29, 0.717) is 24.1 Å². The van der Waals surface area contributed by atoms with Crippen LogP contribution in [0.1, 0.15) is 53.8 Å². The van der Waals surface area contributed by atoms with Crippen LogP contribution in [0.4, 0.5) is 4.39 Å². The zero-order chi connectivity index (χ0) is 17.9. The highest BCUT2D eigenvalue weighted by molar-refractivity contribution is 5.92. The van der Waals surface area contributed by atoms with Crippen LogP contribution >= 0.6 is 12.4 Å². The van der Waals surface area contributed by atoms with Gasteiger partial charge >= 0.3 is 0 Å². The van der Waals surface area contributed by atoms with Crippen LogP contribution in [0.5, 0.6) is 5.75 Å². The molecule has 2 N–H and O–H groups in total. The molecule has 1 aromatic heterocycles. The number of hydrogen-bond donors (Lipinski definition) is 2. The summed E-state index contributed by atoms with van der Waals surface area (Å²) in [6, 6.07) is 6.31. The third kappa shape index (κ3) is 4.42. The van der Waals surface area contributed by atoms with E-state index in [0.717, 1.165) is 44.3 Å². The monoisotopic (exact) mass is 394 g/mol. The Kier molecular flexibility index (Phi) is 6.34. The smallest absolute Gasteiger partial charge is 0.272 e. The van der Waals surface area contributed by atoms with Crippen molar-refractivity contribution in [1.29, 1.82) is 0 Å². The molecule has 2 aliphatic rings. The molecule has 2 aliphatic heterocycles. The van der Waals surface area contributed by atoms with Crippen LogP contribution in [0.3, 0.4) is 0 Å². The highest BCUT2D eigenvalue weighted by Crippen LogP contribution is 2.32. The molecule has 146 valence electrons. The molecule has 0 radical (unpaired) electrons. The number of benzene rings is 1. The quantitative estimate of drug-likeness (QED) is 0.839. The highest BCUT2D eigenvalue weighted by Gasteiger charge is 2.24. The van der Waals surface area contributed by atoms with Crippen molar-refractivity contribution in [2.45, 2.75) is 37.8 Å². The molecule has 4 rings (SSSR count). The lowest BCUT2D eigenvalue weighted by Gasteiger charge is -2.23. The van der Waals surface area contributed by atoms with Crippen LogP contribution in [0.15, 0.2) is 30.5 Å². The van der Waals surface area contributed by atoms with E-state index in [4.69, 9.17) is 4.74 Å². The maximum atomic E-state index is 13.5. The van der Waals surface area contributed by atoms with Gasteiger partial charge in [-0.05, 0) is 44.4 Å². The summed E-state index contributed by atoms with van der Waals surface area (Å²) in [6.45, 7) is 2.43. The van der Waals surface area contributed by atoms with E-state index in [-0.39, 0.29) is 30.2 Å². The molecule has 1 amide bonds. The van der Waals surface area contributed by atoms with Crippen molar-refractivity contribution in [2.75, 3.05) is 19.7 Å². The number of hydrogen-bond acceptors (Lipinski definition) is 4. The number of aromatic nitrogens is 2. The first kappa shape index (κ1) is 19.6. The Morgan fingerprint density at radius 3 is 3.00 bits per heavy atom. The Balaban J connectivity index is 0.00000210. The van der Waals surface area contributed by atoms with Gasteiger partial charge in [0.1, 0.15) is 17.3 Å². The third-order valence-corrected chi connectivity index (χ3v) is 5.04. The van der Waals surface area contributed by atoms with E-state index < -0.39 is 0 Å². The summed E-state index contributed by atoms with van der Waals surface area (Å²) in [5.74, 6) is -0.0446. The molecule has 0 bridgehead atoms. The third-order valence-electron chi connectivity index (χ3n) is 5.04. The maximum Gasteiger partial charge on any atom is 0.272 e. The molecule has 8 heteroatoms. The first-order valence-corrected chi connectivity index (χ1v) is 9.20. The maximum absolute atomic E-state index is 13.5. The van der Waals surface area contributed by atoms with E-state index in [2.05, 4.69) is 15.7 Å². The van der Waals surface area contributed by atoms with Gasteiger partial charge in [-0.15, -0.1) is 12.4 Å². The summed E-state index contributed by atoms with van der Waals surface area (Å²) >= 11 is 0. The highest BCUT2D eigenvalue weighted by atomic mass is 35.5. The number of ether oxygens (including phenoxy) is 1. The van der Waals surface area contributed by atoms with Gasteiger partial charge in [0, 0.05) is 24.4 Å². The van der Waals surface area contributed by atoms with E-state index >= 15 is 0 Å². The average Bonchev–Trinajstić information content (AvgIpc) is 3.08. The van der Waals surface area contributed by atoms with Crippen LogP contribution in [0, 0.1) is 5.82 Å². The fourth-order valence-electron chi connectivity index (χ4n) is 3.65. The second kappa shape index (κ2) is 8.71. The lowest BCUT2D eigenvalue weighted by molar-refractivity contribution is 0.0928. The lowest BCUT2D eigenvalue weighted by Crippen LogP contribution is -2.32. The van der Waals surface area contributed by atoms with Gasteiger partial charge in [0.15, 0.2) is 0 Å². The molecule has 0 aliphatic carbocycles. The van der Waals surface area contributed by atoms with Crippen molar-refractivity contribution in [3.63, 3.8) is 0 Å². The van der Waals surface area contributed by atoms with Crippen molar-refractivity contribution >= 4 is 18.3 Å². The summed E-state index contributed by atoms with van der Waals surface area (Å²) in [6.07, 6.45) is 5.59. The number of piperidine rings is 1. The summed E-state index contributed by atoms with van der Waals surface area (Å²) in [4.78, 5) is 12.7. The summed E-state index contributed by atoms with van der Waals surface area (Å²) in [5, 5.41) is 10.9. The second-order valence-corrected chi connectivity index (χ2v) is 6.88. The molecule has 1 saturated heterocycles. The van der Waals surface area contributed by atoms with Crippen molar-refractivity contribution in [3.05, 3.63) is 47.5 Å². The van der Waals surface area contributed by atoms with Crippen LogP contribution in [-0.4, -0.2) is 35.4 Å². The SMILES string of the molecule is Cl.O=C(NC1CCCOc2cc(F)ccc21)c1ccn(C2CCCNC2)n1. The number of carbonyl (C=O) groups is 1. The number of rotatable bonds is 3. The van der Waals surface area contributed by atoms with Gasteiger partial charge < -0.3 is 15.4 Å². The Hall–Kier alpha value is -2.12. The first-order chi connectivity index (χ1) is 12.7. The van der Waals surface area contributed by atoms with Gasteiger partial charge in [0.25, 0.3) is 5.91 Å². The number of fused-ring (bicyclic) bond motifs is 1. The van der Waals surface area contributed by atoms with Crippen LogP contribution in [0.2, 0.25) is 0 Å². The molecule has 0 saturated carbocycles. The zero-order valence-electron chi connectivity index (χ0n) is 15.0. The van der Waals surface area contributed by atoms with E-state index in [9.17, 15) is 9.18 Å². The number of carbonyl (C=O) groups excluding carboxylic acids is 1. The van der Waals surface area contributed by atoms with Gasteiger partial charge in [-0.25, -0.2) is 4.39 Å². The summed E-state index contributed by atoms with van der Waals surface area (Å²) < 4.78 is 21.0. The lowest BCUT2D eigenvalue weighted by atomic mass is 10.0. The number of halogens is 2. The molecule has 3 heterocycles. The largest absolute Gasteiger partial charge is 0.493 e. The topological polar surface area (TPSA) is 68.2 Å². The molecule has 1 aromatic carbocycles. The van der Waals surface area contributed by atoms with E-state index in [1.807, 2.05) is 10.9 Å². The van der Waals surface area contributed by atoms with Crippen LogP contribution < -0.4 is 15.4 Å². The van der Waals surface area contributed by atoms with Crippen molar-refractivity contribution in [3.8, 4) is 5.75 Å². The minimum absolute atomic E-state index is 0. The predicted octanol–water partition coefficient (Wildman–Crippen LogP) is 3.01. The molecule has 6 nitrogen and oxygen atoms in total. The Morgan fingerprint density at radius 1 is 1.30 bits per heavy atom. The molecule has 27 heavy (non-hydrogen) atoms. The molecule has 0 spiro atoms. The van der Waals surface area contributed by atoms with Crippen LogP contribution in [-0.2, 0) is 0 Å². The Morgan fingerprint density at radius 2 is 2.19 bits per heavy atom. The second-order valence-electron chi connectivity index (χ2n) is 6.88. The summed E-state index contributed by atoms with van der Waals surface area (Å²) in [7, 11) is 0. The van der Waals surface area contributed by atoms with Gasteiger partial charge in [0.05, 0.1) is 18.7 Å². The molecule has 2 unspecified atom stereocenters. The summed E-state index contributed by atoms with van der Waals surface area (Å²) in [5.41, 5.74) is 1.22. The van der Waals surface area contributed by atoms with Gasteiger partial charge in [0.2, 0.25) is 0 Å². The Labute approximate surface area is 163 Å². The number of nitrogens with zero attached hydrogens (tertiary/aromatic N) is 2. The molecule has 1 fully saturated rings. The molecular formula is C19H24ClFN4O2. The van der Waals surface area contributed by atoms with Crippen molar-refractivity contribution < 1.29 is 13.9 Å². The normalized spacial score (nSPS) is 22.0. The Bertz CT molecular complexity index is 792. The van der Waals surface area contributed by atoms with Gasteiger partial charge in [-0.2, -0.15) is 5.10 Å². The minimum Gasteiger partial charge on any atom is -0.493 e. The average molecular weight is 395 g/mol. The zero-order valence-corrected chi connectivity index (χ0v) is 15.8. The van der Waals surface area contributed by atoms with Gasteiger partial charge in [-0.3, -0.25) is 9.48 Å². The fourth-order valence-corrected chi connectivity index (χ4v) is 3.65. The van der Waals surface area contributed by atoms with Gasteiger partial charge in [-0.1, -0.05) is 6.07 Å². The number of nitrogens with one attached hydrogen (secondary N) is 2. The van der Waals surface area contributed by atoms with E-state index in [1.165, 1.54) is 12.1 Å². The van der Waals surface area contributed by atoms with Crippen molar-refractivity contribution in [2.24, 2.45) is 0 Å². The number of amides is 1. The molecular weight excluding hydrogens is 371 g/mol. The molecule has 2 atom stereocenters. The first-order valence-electron chi connectivity index (χ1n) is 9.20.